The number of rotatable bonds is 8. The van der Waals surface area contributed by atoms with Crippen LogP contribution in [-0.4, -0.2) is 51.8 Å². The Morgan fingerprint density at radius 2 is 1.68 bits per heavy atom. The van der Waals surface area contributed by atoms with Gasteiger partial charge in [-0.05, 0) is 49.8 Å². The minimum Gasteiger partial charge on any atom is -0.497 e. The number of para-hydroxylation sites is 1. The van der Waals surface area contributed by atoms with E-state index >= 15 is 0 Å². The summed E-state index contributed by atoms with van der Waals surface area (Å²) >= 11 is 0. The molecular formula is C27H34N4O3. The molecule has 1 saturated carbocycles. The van der Waals surface area contributed by atoms with Gasteiger partial charge >= 0.3 is 0 Å². The van der Waals surface area contributed by atoms with Crippen LogP contribution in [0.1, 0.15) is 36.0 Å². The molecule has 1 aliphatic carbocycles. The van der Waals surface area contributed by atoms with Crippen molar-refractivity contribution in [1.29, 1.82) is 0 Å². The lowest BCUT2D eigenvalue weighted by atomic mass is 9.86. The van der Waals surface area contributed by atoms with Crippen LogP contribution in [-0.2, 0) is 0 Å². The lowest BCUT2D eigenvalue weighted by molar-refractivity contribution is 0.0942. The summed E-state index contributed by atoms with van der Waals surface area (Å²) < 4.78 is 10.5. The largest absolute Gasteiger partial charge is 0.497 e. The van der Waals surface area contributed by atoms with Crippen molar-refractivity contribution in [2.75, 3.05) is 45.1 Å². The van der Waals surface area contributed by atoms with Gasteiger partial charge < -0.3 is 25.0 Å². The number of benzene rings is 2. The van der Waals surface area contributed by atoms with Crippen molar-refractivity contribution in [3.63, 3.8) is 0 Å². The Bertz CT molecular complexity index is 1120. The van der Waals surface area contributed by atoms with Crippen molar-refractivity contribution in [3.05, 3.63) is 54.1 Å². The van der Waals surface area contributed by atoms with E-state index in [1.54, 1.807) is 32.4 Å². The highest BCUT2D eigenvalue weighted by Gasteiger charge is 2.22. The second-order valence-corrected chi connectivity index (χ2v) is 9.11. The summed E-state index contributed by atoms with van der Waals surface area (Å²) in [6.07, 6.45) is 4.24. The summed E-state index contributed by atoms with van der Waals surface area (Å²) in [4.78, 5) is 19.6. The fourth-order valence-corrected chi connectivity index (χ4v) is 4.60. The fraction of sp³-hybridized carbons (Fsp3) is 0.407. The molecule has 4 rings (SSSR count). The highest BCUT2D eigenvalue weighted by molar-refractivity contribution is 5.95. The van der Waals surface area contributed by atoms with Crippen LogP contribution in [0.25, 0.3) is 10.9 Å². The summed E-state index contributed by atoms with van der Waals surface area (Å²) in [7, 11) is 7.29. The number of methoxy groups -OCH3 is 2. The molecule has 0 aliphatic heterocycles. The van der Waals surface area contributed by atoms with E-state index in [1.807, 2.05) is 6.07 Å². The number of ether oxygens (including phenoxy) is 2. The highest BCUT2D eigenvalue weighted by Crippen LogP contribution is 2.30. The number of carbonyl (C=O) groups excluding carboxylic acids is 1. The second-order valence-electron chi connectivity index (χ2n) is 9.11. The first-order valence-electron chi connectivity index (χ1n) is 11.8. The van der Waals surface area contributed by atoms with Crippen LogP contribution in [0.3, 0.4) is 0 Å². The number of hydrogen-bond donors (Lipinski definition) is 2. The summed E-state index contributed by atoms with van der Waals surface area (Å²) in [6, 6.07) is 16.0. The van der Waals surface area contributed by atoms with Crippen LogP contribution in [0.15, 0.2) is 48.5 Å². The van der Waals surface area contributed by atoms with Crippen LogP contribution in [0.4, 0.5) is 11.5 Å². The minimum atomic E-state index is -0.103. The zero-order valence-corrected chi connectivity index (χ0v) is 20.4. The van der Waals surface area contributed by atoms with E-state index in [9.17, 15) is 4.79 Å². The van der Waals surface area contributed by atoms with Crippen LogP contribution in [0, 0.1) is 5.92 Å². The van der Waals surface area contributed by atoms with Crippen LogP contribution < -0.4 is 25.0 Å². The number of fused-ring (bicyclic) bond motifs is 1. The topological polar surface area (TPSA) is 75.7 Å². The monoisotopic (exact) mass is 462 g/mol. The lowest BCUT2D eigenvalue weighted by Gasteiger charge is -2.30. The van der Waals surface area contributed by atoms with Crippen molar-refractivity contribution in [3.8, 4) is 11.5 Å². The first kappa shape index (κ1) is 23.7. The molecule has 34 heavy (non-hydrogen) atoms. The molecule has 1 aliphatic rings. The van der Waals surface area contributed by atoms with E-state index in [0.717, 1.165) is 42.4 Å². The highest BCUT2D eigenvalue weighted by atomic mass is 16.5. The Morgan fingerprint density at radius 1 is 1.00 bits per heavy atom. The predicted molar refractivity (Wildman–Crippen MR) is 137 cm³/mol. The Labute approximate surface area is 201 Å². The summed E-state index contributed by atoms with van der Waals surface area (Å²) in [6.45, 7) is 0.671. The average molecular weight is 463 g/mol. The molecular weight excluding hydrogens is 428 g/mol. The second kappa shape index (κ2) is 10.6. The quantitative estimate of drug-likeness (QED) is 0.505. The number of nitrogens with zero attached hydrogens (tertiary/aromatic N) is 2. The van der Waals surface area contributed by atoms with Crippen molar-refractivity contribution < 1.29 is 14.3 Å². The molecule has 2 aromatic carbocycles. The maximum atomic E-state index is 12.7. The van der Waals surface area contributed by atoms with Gasteiger partial charge in [0.1, 0.15) is 17.3 Å². The normalized spacial score (nSPS) is 17.8. The smallest absolute Gasteiger partial charge is 0.251 e. The van der Waals surface area contributed by atoms with Crippen LogP contribution in [0.5, 0.6) is 11.5 Å². The van der Waals surface area contributed by atoms with Crippen molar-refractivity contribution >= 4 is 28.3 Å². The van der Waals surface area contributed by atoms with Gasteiger partial charge in [-0.3, -0.25) is 4.79 Å². The van der Waals surface area contributed by atoms with Gasteiger partial charge in [0.25, 0.3) is 5.91 Å². The van der Waals surface area contributed by atoms with E-state index in [2.05, 4.69) is 53.9 Å². The number of nitrogens with one attached hydrogen (secondary N) is 2. The molecule has 0 saturated heterocycles. The van der Waals surface area contributed by atoms with Gasteiger partial charge in [0.05, 0.1) is 19.7 Å². The summed E-state index contributed by atoms with van der Waals surface area (Å²) in [5.74, 6) is 2.50. The maximum absolute atomic E-state index is 12.7. The van der Waals surface area contributed by atoms with Gasteiger partial charge in [-0.1, -0.05) is 18.2 Å². The Balaban J connectivity index is 1.31. The first-order valence-corrected chi connectivity index (χ1v) is 11.8. The minimum absolute atomic E-state index is 0.103. The molecule has 3 aromatic rings. The Kier molecular flexibility index (Phi) is 7.40. The number of pyridine rings is 1. The molecule has 2 N–H and O–H groups in total. The molecule has 0 spiro atoms. The summed E-state index contributed by atoms with van der Waals surface area (Å²) in [5, 5.41) is 7.90. The van der Waals surface area contributed by atoms with Crippen molar-refractivity contribution in [1.82, 2.24) is 10.3 Å². The molecule has 7 heteroatoms. The molecule has 0 radical (unpaired) electrons. The van der Waals surface area contributed by atoms with E-state index in [-0.39, 0.29) is 5.91 Å². The number of hydrogen-bond acceptors (Lipinski definition) is 6. The van der Waals surface area contributed by atoms with Crippen molar-refractivity contribution in [2.45, 2.75) is 31.7 Å². The third kappa shape index (κ3) is 5.53. The number of anilines is 2. The molecule has 180 valence electrons. The average Bonchev–Trinajstić information content (AvgIpc) is 2.87. The number of amides is 1. The van der Waals surface area contributed by atoms with Gasteiger partial charge in [-0.25, -0.2) is 4.98 Å². The molecule has 1 fully saturated rings. The third-order valence-electron chi connectivity index (χ3n) is 6.54. The molecule has 7 nitrogen and oxygen atoms in total. The Hall–Kier alpha value is -3.48. The van der Waals surface area contributed by atoms with E-state index < -0.39 is 0 Å². The fourth-order valence-electron chi connectivity index (χ4n) is 4.60. The van der Waals surface area contributed by atoms with Crippen LogP contribution >= 0.6 is 0 Å². The van der Waals surface area contributed by atoms with E-state index in [4.69, 9.17) is 14.5 Å². The van der Waals surface area contributed by atoms with Gasteiger partial charge in [-0.2, -0.15) is 0 Å². The van der Waals surface area contributed by atoms with Gasteiger partial charge in [0.2, 0.25) is 0 Å². The zero-order valence-electron chi connectivity index (χ0n) is 20.4. The van der Waals surface area contributed by atoms with Crippen molar-refractivity contribution in [2.24, 2.45) is 5.92 Å². The van der Waals surface area contributed by atoms with E-state index in [0.29, 0.717) is 35.6 Å². The standard InChI is InChI=1S/C27H34N4O3/c1-31(2)25-16-26(30-24-8-6-5-7-23(24)25)29-20-11-9-18(10-12-20)17-28-27(32)19-13-21(33-3)15-22(14-19)34-4/h5-8,13-16,18,20H,9-12,17H2,1-4H3,(H,28,32)(H,29,30). The molecule has 1 amide bonds. The molecule has 0 atom stereocenters. The van der Waals surface area contributed by atoms with Crippen LogP contribution in [0.2, 0.25) is 0 Å². The van der Waals surface area contributed by atoms with E-state index in [1.165, 1.54) is 5.69 Å². The molecule has 1 aromatic heterocycles. The third-order valence-corrected chi connectivity index (χ3v) is 6.54. The molecule has 1 heterocycles. The number of carbonyl (C=O) groups is 1. The first-order chi connectivity index (χ1) is 16.5. The summed E-state index contributed by atoms with van der Waals surface area (Å²) in [5.41, 5.74) is 2.71. The van der Waals surface area contributed by atoms with Gasteiger partial charge in [0.15, 0.2) is 0 Å². The van der Waals surface area contributed by atoms with Gasteiger partial charge in [0, 0.05) is 55.5 Å². The SMILES string of the molecule is COc1cc(OC)cc(C(=O)NCC2CCC(Nc3cc(N(C)C)c4ccccc4n3)CC2)c1. The lowest BCUT2D eigenvalue weighted by Crippen LogP contribution is -2.34. The Morgan fingerprint density at radius 3 is 2.32 bits per heavy atom. The maximum Gasteiger partial charge on any atom is 0.251 e. The number of aromatic nitrogens is 1. The zero-order chi connectivity index (χ0) is 24.1. The predicted octanol–water partition coefficient (Wildman–Crippen LogP) is 4.72. The molecule has 0 bridgehead atoms. The molecule has 0 unspecified atom stereocenters. The van der Waals surface area contributed by atoms with Gasteiger partial charge in [-0.15, -0.1) is 0 Å².